The first-order valence-corrected chi connectivity index (χ1v) is 9.69. The third-order valence-corrected chi connectivity index (χ3v) is 4.70. The molecule has 0 bridgehead atoms. The molecular formula is C23H20F3N3O4. The lowest BCUT2D eigenvalue weighted by Gasteiger charge is -2.13. The molecule has 0 radical (unpaired) electrons. The van der Waals surface area contributed by atoms with Crippen LogP contribution in [0.5, 0.6) is 11.5 Å². The van der Waals surface area contributed by atoms with E-state index in [1.165, 1.54) is 37.6 Å². The molecule has 7 nitrogen and oxygen atoms in total. The van der Waals surface area contributed by atoms with Gasteiger partial charge in [-0.1, -0.05) is 30.3 Å². The van der Waals surface area contributed by atoms with Crippen LogP contribution in [0.2, 0.25) is 0 Å². The number of halogens is 3. The molecule has 0 saturated heterocycles. The van der Waals surface area contributed by atoms with Crippen LogP contribution in [-0.4, -0.2) is 18.2 Å². The van der Waals surface area contributed by atoms with Crippen molar-refractivity contribution in [3.05, 3.63) is 93.0 Å². The number of nitro benzene ring substituents is 1. The Hall–Kier alpha value is -4.08. The number of ether oxygens (including phenoxy) is 2. The summed E-state index contributed by atoms with van der Waals surface area (Å²) in [5, 5.41) is 15.5. The van der Waals surface area contributed by atoms with Crippen molar-refractivity contribution in [1.82, 2.24) is 0 Å². The molecule has 1 N–H and O–H groups in total. The van der Waals surface area contributed by atoms with Crippen LogP contribution in [0.1, 0.15) is 22.3 Å². The highest BCUT2D eigenvalue weighted by molar-refractivity contribution is 5.83. The van der Waals surface area contributed by atoms with Crippen molar-refractivity contribution in [2.45, 2.75) is 19.7 Å². The number of hydrogen-bond donors (Lipinski definition) is 1. The van der Waals surface area contributed by atoms with Gasteiger partial charge < -0.3 is 9.47 Å². The van der Waals surface area contributed by atoms with E-state index in [-0.39, 0.29) is 29.5 Å². The predicted octanol–water partition coefficient (Wildman–Crippen LogP) is 5.96. The van der Waals surface area contributed by atoms with E-state index in [0.29, 0.717) is 5.56 Å². The number of nitrogens with one attached hydrogen (secondary N) is 1. The topological polar surface area (TPSA) is 86.0 Å². The number of hydrazone groups is 1. The Balaban J connectivity index is 1.83. The van der Waals surface area contributed by atoms with E-state index in [4.69, 9.17) is 9.47 Å². The van der Waals surface area contributed by atoms with Crippen LogP contribution in [0, 0.1) is 17.0 Å². The summed E-state index contributed by atoms with van der Waals surface area (Å²) in [4.78, 5) is 11.0. The lowest BCUT2D eigenvalue weighted by molar-refractivity contribution is -0.386. The van der Waals surface area contributed by atoms with Crippen LogP contribution in [0.4, 0.5) is 24.5 Å². The molecule has 0 unspecified atom stereocenters. The summed E-state index contributed by atoms with van der Waals surface area (Å²) in [6, 6.07) is 14.7. The lowest BCUT2D eigenvalue weighted by Crippen LogP contribution is -2.05. The van der Waals surface area contributed by atoms with E-state index in [2.05, 4.69) is 10.5 Å². The molecule has 3 aromatic carbocycles. The Bertz CT molecular complexity index is 1180. The normalized spacial score (nSPS) is 11.4. The summed E-state index contributed by atoms with van der Waals surface area (Å²) in [6.45, 7) is 2.01. The van der Waals surface area contributed by atoms with Crippen molar-refractivity contribution < 1.29 is 27.6 Å². The molecule has 0 heterocycles. The molecule has 0 saturated carbocycles. The zero-order valence-electron chi connectivity index (χ0n) is 17.7. The molecule has 33 heavy (non-hydrogen) atoms. The Morgan fingerprint density at radius 3 is 2.55 bits per heavy atom. The quantitative estimate of drug-likeness (QED) is 0.255. The maximum atomic E-state index is 12.8. The molecule has 0 amide bonds. The number of anilines is 1. The van der Waals surface area contributed by atoms with Gasteiger partial charge >= 0.3 is 11.9 Å². The molecule has 0 aliphatic carbocycles. The molecule has 3 rings (SSSR count). The zero-order chi connectivity index (χ0) is 24.0. The van der Waals surface area contributed by atoms with Gasteiger partial charge in [0.1, 0.15) is 6.61 Å². The molecule has 0 atom stereocenters. The first-order valence-electron chi connectivity index (χ1n) is 9.69. The number of nitro groups is 1. The van der Waals surface area contributed by atoms with Gasteiger partial charge in [0.15, 0.2) is 5.75 Å². The van der Waals surface area contributed by atoms with Crippen molar-refractivity contribution in [3.63, 3.8) is 0 Å². The van der Waals surface area contributed by atoms with Crippen molar-refractivity contribution in [2.75, 3.05) is 12.5 Å². The molecule has 0 aliphatic rings. The molecular weight excluding hydrogens is 439 g/mol. The number of methoxy groups -OCH3 is 1. The third-order valence-electron chi connectivity index (χ3n) is 4.70. The number of nitrogens with zero attached hydrogens (tertiary/aromatic N) is 2. The second-order valence-electron chi connectivity index (χ2n) is 6.99. The van der Waals surface area contributed by atoms with Gasteiger partial charge in [-0.15, -0.1) is 0 Å². The zero-order valence-corrected chi connectivity index (χ0v) is 17.7. The number of hydrogen-bond acceptors (Lipinski definition) is 6. The average molecular weight is 459 g/mol. The van der Waals surface area contributed by atoms with Gasteiger partial charge in [0.2, 0.25) is 5.75 Å². The van der Waals surface area contributed by atoms with Gasteiger partial charge in [0, 0.05) is 11.6 Å². The smallest absolute Gasteiger partial charge is 0.416 e. The standard InChI is InChI=1S/C23H20F3N3O4/c1-15-6-3-4-7-17(15)14-33-22-20(29(30)31)10-16(11-21(22)32-2)13-27-28-19-9-5-8-18(12-19)23(24,25)26/h3-13,28H,14H2,1-2H3. The van der Waals surface area contributed by atoms with E-state index in [1.54, 1.807) is 0 Å². The predicted molar refractivity (Wildman–Crippen MR) is 118 cm³/mol. The largest absolute Gasteiger partial charge is 0.493 e. The van der Waals surface area contributed by atoms with Crippen molar-refractivity contribution >= 4 is 17.6 Å². The summed E-state index contributed by atoms with van der Waals surface area (Å²) in [6.07, 6.45) is -3.25. The lowest BCUT2D eigenvalue weighted by atomic mass is 10.1. The highest BCUT2D eigenvalue weighted by Crippen LogP contribution is 2.38. The van der Waals surface area contributed by atoms with Crippen LogP contribution >= 0.6 is 0 Å². The van der Waals surface area contributed by atoms with Gasteiger partial charge in [0.25, 0.3) is 0 Å². The molecule has 0 aliphatic heterocycles. The van der Waals surface area contributed by atoms with Crippen molar-refractivity contribution in [1.29, 1.82) is 0 Å². The minimum Gasteiger partial charge on any atom is -0.493 e. The summed E-state index contributed by atoms with van der Waals surface area (Å²) < 4.78 is 49.5. The van der Waals surface area contributed by atoms with Gasteiger partial charge in [0.05, 0.1) is 29.5 Å². The highest BCUT2D eigenvalue weighted by Gasteiger charge is 2.30. The first kappa shape index (κ1) is 23.6. The fraction of sp³-hybridized carbons (Fsp3) is 0.174. The average Bonchev–Trinajstić information content (AvgIpc) is 2.78. The van der Waals surface area contributed by atoms with Crippen molar-refractivity contribution in [3.8, 4) is 11.5 Å². The van der Waals surface area contributed by atoms with Crippen molar-refractivity contribution in [2.24, 2.45) is 5.10 Å². The summed E-state index contributed by atoms with van der Waals surface area (Å²) >= 11 is 0. The van der Waals surface area contributed by atoms with E-state index < -0.39 is 16.7 Å². The van der Waals surface area contributed by atoms with Gasteiger partial charge in [-0.05, 0) is 42.3 Å². The Kier molecular flexibility index (Phi) is 7.17. The van der Waals surface area contributed by atoms with E-state index in [0.717, 1.165) is 23.3 Å². The van der Waals surface area contributed by atoms with Crippen LogP contribution in [0.15, 0.2) is 65.8 Å². The van der Waals surface area contributed by atoms with Crippen LogP contribution in [0.25, 0.3) is 0 Å². The van der Waals surface area contributed by atoms with Crippen LogP contribution in [-0.2, 0) is 12.8 Å². The highest BCUT2D eigenvalue weighted by atomic mass is 19.4. The maximum Gasteiger partial charge on any atom is 0.416 e. The van der Waals surface area contributed by atoms with Crippen LogP contribution in [0.3, 0.4) is 0 Å². The summed E-state index contributed by atoms with van der Waals surface area (Å²) in [5.41, 5.74) is 3.58. The molecule has 10 heteroatoms. The van der Waals surface area contributed by atoms with Gasteiger partial charge in [-0.25, -0.2) is 0 Å². The minimum absolute atomic E-state index is 0.0336. The van der Waals surface area contributed by atoms with Gasteiger partial charge in [-0.2, -0.15) is 18.3 Å². The summed E-state index contributed by atoms with van der Waals surface area (Å²) in [7, 11) is 1.35. The second-order valence-corrected chi connectivity index (χ2v) is 6.99. The third kappa shape index (κ3) is 6.00. The fourth-order valence-corrected chi connectivity index (χ4v) is 2.98. The van der Waals surface area contributed by atoms with E-state index in [1.807, 2.05) is 31.2 Å². The SMILES string of the molecule is COc1cc(C=NNc2cccc(C(F)(F)F)c2)cc([N+](=O)[O-])c1OCc1ccccc1C. The Labute approximate surface area is 187 Å². The molecule has 3 aromatic rings. The minimum atomic E-state index is -4.48. The monoisotopic (exact) mass is 459 g/mol. The maximum absolute atomic E-state index is 12.8. The molecule has 172 valence electrons. The van der Waals surface area contributed by atoms with E-state index >= 15 is 0 Å². The second kappa shape index (κ2) is 10.0. The number of rotatable bonds is 8. The van der Waals surface area contributed by atoms with E-state index in [9.17, 15) is 23.3 Å². The molecule has 0 fully saturated rings. The number of benzene rings is 3. The number of alkyl halides is 3. The fourth-order valence-electron chi connectivity index (χ4n) is 2.98. The van der Waals surface area contributed by atoms with Gasteiger partial charge in [-0.3, -0.25) is 15.5 Å². The molecule has 0 spiro atoms. The first-order chi connectivity index (χ1) is 15.7. The molecule has 0 aromatic heterocycles. The number of aryl methyl sites for hydroxylation is 1. The Morgan fingerprint density at radius 1 is 1.12 bits per heavy atom. The summed E-state index contributed by atoms with van der Waals surface area (Å²) in [5.74, 6) is 0.0899. The van der Waals surface area contributed by atoms with Crippen LogP contribution < -0.4 is 14.9 Å². The Morgan fingerprint density at radius 2 is 1.88 bits per heavy atom.